The van der Waals surface area contributed by atoms with E-state index >= 15 is 0 Å². The zero-order valence-electron chi connectivity index (χ0n) is 41.4. The van der Waals surface area contributed by atoms with Crippen molar-refractivity contribution in [3.8, 4) is 66.8 Å². The van der Waals surface area contributed by atoms with Gasteiger partial charge in [-0.1, -0.05) is 261 Å². The van der Waals surface area contributed by atoms with Crippen molar-refractivity contribution < 1.29 is 58.9 Å². The molecule has 5 heteroatoms. The number of halogens is 3. The van der Waals surface area contributed by atoms with Gasteiger partial charge in [-0.2, -0.15) is 11.1 Å². The Labute approximate surface area is 457 Å². The van der Waals surface area contributed by atoms with E-state index in [1.165, 1.54) is 116 Å². The molecule has 1 atom stereocenters. The van der Waals surface area contributed by atoms with Gasteiger partial charge in [-0.3, -0.25) is 6.08 Å². The average molecular weight is 1030 g/mol. The predicted molar refractivity (Wildman–Crippen MR) is 290 cm³/mol. The third-order valence-electron chi connectivity index (χ3n) is 14.9. The summed E-state index contributed by atoms with van der Waals surface area (Å²) in [5.41, 5.74) is 22.7. The van der Waals surface area contributed by atoms with Crippen molar-refractivity contribution in [1.29, 1.82) is 0 Å². The number of hydrogen-bond donors (Lipinski definition) is 0. The molecule has 9 aromatic rings. The maximum atomic E-state index is 4.47. The maximum absolute atomic E-state index is 4.47. The molecule has 0 aromatic heterocycles. The number of allylic oxidation sites excluding steroid dienone is 4. The van der Waals surface area contributed by atoms with Gasteiger partial charge in [0.15, 0.2) is 0 Å². The third-order valence-corrected chi connectivity index (χ3v) is 21.1. The topological polar surface area (TPSA) is 0 Å². The Balaban J connectivity index is 0.00000206. The first kappa shape index (κ1) is 54.6. The second kappa shape index (κ2) is 22.8. The summed E-state index contributed by atoms with van der Waals surface area (Å²) in [7, 11) is -3.76. The van der Waals surface area contributed by atoms with Crippen molar-refractivity contribution in [2.45, 2.75) is 53.5 Å². The van der Waals surface area contributed by atoms with E-state index in [9.17, 15) is 0 Å². The van der Waals surface area contributed by atoms with E-state index in [0.717, 1.165) is 0 Å². The normalized spacial score (nSPS) is 14.0. The largest absolute Gasteiger partial charge is 4.00 e. The molecule has 0 aliphatic heterocycles. The van der Waals surface area contributed by atoms with Crippen LogP contribution in [0.25, 0.3) is 66.8 Å². The molecule has 0 fully saturated rings. The molecule has 9 aromatic carbocycles. The van der Waals surface area contributed by atoms with Gasteiger partial charge in [0.1, 0.15) is 8.07 Å². The molecule has 0 radical (unpaired) electrons. The Morgan fingerprint density at radius 1 is 0.324 bits per heavy atom. The van der Waals surface area contributed by atoms with E-state index in [1.807, 2.05) is 0 Å². The molecule has 350 valence electrons. The molecule has 0 saturated carbocycles. The van der Waals surface area contributed by atoms with Gasteiger partial charge in [0, 0.05) is 0 Å². The molecule has 0 saturated heterocycles. The fourth-order valence-electron chi connectivity index (χ4n) is 11.6. The Bertz CT molecular complexity index is 3020. The van der Waals surface area contributed by atoms with Gasteiger partial charge >= 0.3 is 21.7 Å². The number of aryl methyl sites for hydroxylation is 3. The van der Waals surface area contributed by atoms with Gasteiger partial charge < -0.3 is 37.2 Å². The summed E-state index contributed by atoms with van der Waals surface area (Å²) in [6, 6.07) is 81.6. The van der Waals surface area contributed by atoms with Gasteiger partial charge in [-0.05, 0) is 103 Å². The standard InChI is InChI=1S/C66H57Si.3ClH.Ti/c1-45-38-41-57(51-26-14-8-15-27-51)60(54-32-20-11-21-33-54)63(45)67(66(7)44-48(4)49(5)50(66)6,64-46(2)39-42-58(52-28-16-9-17-29-52)61(64)55-34-22-12-23-35-55)65-47(3)40-43-59(53-30-18-10-19-31-53)62(65)56-36-24-13-25-37-56;;;;/h8-43H,1-7H3;3*1H;/q-1;;;;+4/p-3. The molecule has 1 aliphatic carbocycles. The molecule has 1 unspecified atom stereocenters. The zero-order valence-corrected chi connectivity index (χ0v) is 46.2. The number of hydrogen-bond acceptors (Lipinski definition) is 0. The van der Waals surface area contributed by atoms with E-state index in [0.29, 0.717) is 0 Å². The number of benzene rings is 9. The molecule has 0 bridgehead atoms. The van der Waals surface area contributed by atoms with Gasteiger partial charge in [0.05, 0.1) is 0 Å². The summed E-state index contributed by atoms with van der Waals surface area (Å²) in [5.74, 6) is 0. The molecule has 0 heterocycles. The summed E-state index contributed by atoms with van der Waals surface area (Å²) in [6.45, 7) is 16.8. The fourth-order valence-corrected chi connectivity index (χ4v) is 18.9. The van der Waals surface area contributed by atoms with Crippen molar-refractivity contribution in [3.63, 3.8) is 0 Å². The minimum Gasteiger partial charge on any atom is -1.00 e. The molecular formula is C66H57Cl3SiTi. The minimum atomic E-state index is -3.76. The average Bonchev–Trinajstić information content (AvgIpc) is 3.58. The van der Waals surface area contributed by atoms with Crippen LogP contribution in [0.5, 0.6) is 0 Å². The van der Waals surface area contributed by atoms with Crippen molar-refractivity contribution in [2.75, 3.05) is 0 Å². The smallest absolute Gasteiger partial charge is 1.00 e. The summed E-state index contributed by atoms with van der Waals surface area (Å²) < 4.78 is 0. The zero-order chi connectivity index (χ0) is 46.3. The van der Waals surface area contributed by atoms with Crippen LogP contribution in [0.3, 0.4) is 0 Å². The first-order valence-electron chi connectivity index (χ1n) is 23.7. The Morgan fingerprint density at radius 3 is 0.789 bits per heavy atom. The van der Waals surface area contributed by atoms with Crippen LogP contribution in [-0.2, 0) is 21.7 Å². The van der Waals surface area contributed by atoms with Gasteiger partial charge in [0.2, 0.25) is 0 Å². The molecule has 1 aliphatic rings. The van der Waals surface area contributed by atoms with Gasteiger partial charge in [0.25, 0.3) is 0 Å². The summed E-state index contributed by atoms with van der Waals surface area (Å²) in [5, 5.41) is 3.67. The summed E-state index contributed by atoms with van der Waals surface area (Å²) in [4.78, 5) is 0. The van der Waals surface area contributed by atoms with Crippen LogP contribution < -0.4 is 52.8 Å². The Morgan fingerprint density at radius 2 is 0.563 bits per heavy atom. The van der Waals surface area contributed by atoms with Crippen LogP contribution in [0, 0.1) is 26.8 Å². The van der Waals surface area contributed by atoms with Crippen LogP contribution in [0.15, 0.2) is 235 Å². The monoisotopic (exact) mass is 1030 g/mol. The van der Waals surface area contributed by atoms with Crippen molar-refractivity contribution in [2.24, 2.45) is 0 Å². The second-order valence-electron chi connectivity index (χ2n) is 18.6. The first-order valence-corrected chi connectivity index (χ1v) is 25.7. The van der Waals surface area contributed by atoms with Crippen LogP contribution in [0.2, 0.25) is 5.04 Å². The Hall–Kier alpha value is -5.74. The molecule has 0 spiro atoms. The Kier molecular flexibility index (Phi) is 17.5. The molecule has 0 nitrogen and oxygen atoms in total. The van der Waals surface area contributed by atoms with Crippen LogP contribution in [0.1, 0.15) is 44.4 Å². The second-order valence-corrected chi connectivity index (χ2v) is 22.6. The van der Waals surface area contributed by atoms with E-state index in [1.54, 1.807) is 0 Å². The maximum Gasteiger partial charge on any atom is 4.00 e. The van der Waals surface area contributed by atoms with Crippen LogP contribution in [0.4, 0.5) is 0 Å². The van der Waals surface area contributed by atoms with E-state index in [2.05, 4.69) is 273 Å². The fraction of sp³-hybridized carbons (Fsp3) is 0.121. The van der Waals surface area contributed by atoms with Crippen molar-refractivity contribution >= 4 is 23.6 Å². The molecule has 0 amide bonds. The molecule has 10 rings (SSSR count). The third kappa shape index (κ3) is 9.35. The summed E-state index contributed by atoms with van der Waals surface area (Å²) >= 11 is 0. The molecule has 71 heavy (non-hydrogen) atoms. The van der Waals surface area contributed by atoms with E-state index in [-0.39, 0.29) is 58.9 Å². The van der Waals surface area contributed by atoms with Crippen LogP contribution >= 0.6 is 0 Å². The number of rotatable bonds is 10. The van der Waals surface area contributed by atoms with Gasteiger partial charge in [-0.15, -0.1) is 6.92 Å². The van der Waals surface area contributed by atoms with E-state index < -0.39 is 13.1 Å². The van der Waals surface area contributed by atoms with Gasteiger partial charge in [-0.25, -0.2) is 5.57 Å². The minimum absolute atomic E-state index is 0. The van der Waals surface area contributed by atoms with E-state index in [4.69, 9.17) is 0 Å². The molecular weight excluding hydrogens is 975 g/mol. The van der Waals surface area contributed by atoms with Crippen LogP contribution in [-0.4, -0.2) is 8.07 Å². The SMILES string of the molecule is CC1=[C-]C(C)([Si](c2c(C)ccc(-c3ccccc3)c2-c2ccccc2)(c2c(C)ccc(-c3ccccc3)c2-c2ccccc2)c2c(C)ccc(-c3ccccc3)c2-c2ccccc2)C(C)=C1C.[Cl-].[Cl-].[Cl-].[Ti+4]. The van der Waals surface area contributed by atoms with Crippen molar-refractivity contribution in [3.05, 3.63) is 258 Å². The predicted octanol–water partition coefficient (Wildman–Crippen LogP) is 6.95. The first-order chi connectivity index (χ1) is 32.6. The summed E-state index contributed by atoms with van der Waals surface area (Å²) in [6.07, 6.45) is 4.47. The molecule has 0 N–H and O–H groups in total. The van der Waals surface area contributed by atoms with Crippen molar-refractivity contribution in [1.82, 2.24) is 0 Å². The quantitative estimate of drug-likeness (QED) is 0.0792.